The number of carbonyl (C=O) groups excluding carboxylic acids is 1. The minimum Gasteiger partial charge on any atom is -0.445 e. The van der Waals surface area contributed by atoms with Crippen molar-refractivity contribution >= 4 is 6.09 Å². The second-order valence-electron chi connectivity index (χ2n) is 5.37. The molecule has 1 aromatic heterocycles. The first-order valence-electron chi connectivity index (χ1n) is 7.64. The van der Waals surface area contributed by atoms with E-state index in [9.17, 15) is 4.79 Å². The molecule has 0 aliphatic carbocycles. The highest BCUT2D eigenvalue weighted by Gasteiger charge is 2.24. The van der Waals surface area contributed by atoms with Crippen molar-refractivity contribution in [3.8, 4) is 0 Å². The number of rotatable bonds is 5. The van der Waals surface area contributed by atoms with Crippen molar-refractivity contribution in [2.45, 2.75) is 32.2 Å². The summed E-state index contributed by atoms with van der Waals surface area (Å²) in [6, 6.07) is 9.66. The van der Waals surface area contributed by atoms with Crippen LogP contribution >= 0.6 is 0 Å². The van der Waals surface area contributed by atoms with Gasteiger partial charge in [-0.15, -0.1) is 0 Å². The summed E-state index contributed by atoms with van der Waals surface area (Å²) in [6.07, 6.45) is 2.72. The van der Waals surface area contributed by atoms with Crippen LogP contribution < -0.4 is 0 Å². The fourth-order valence-electron chi connectivity index (χ4n) is 2.46. The van der Waals surface area contributed by atoms with Gasteiger partial charge in [-0.25, -0.2) is 4.79 Å². The number of hydrogen-bond acceptors (Lipinski definition) is 6. The first-order chi connectivity index (χ1) is 11.3. The van der Waals surface area contributed by atoms with Crippen molar-refractivity contribution in [3.05, 3.63) is 48.1 Å². The Morgan fingerprint density at radius 3 is 2.70 bits per heavy atom. The van der Waals surface area contributed by atoms with Gasteiger partial charge in [0.1, 0.15) is 13.2 Å². The average Bonchev–Trinajstić information content (AvgIpc) is 3.13. The Balaban J connectivity index is 1.37. The second kappa shape index (κ2) is 7.73. The van der Waals surface area contributed by atoms with Crippen LogP contribution in [0.15, 0.2) is 41.2 Å². The van der Waals surface area contributed by atoms with E-state index in [2.05, 4.69) is 10.1 Å². The van der Waals surface area contributed by atoms with Gasteiger partial charge in [-0.3, -0.25) is 0 Å². The van der Waals surface area contributed by atoms with E-state index in [0.717, 1.165) is 18.4 Å². The molecule has 0 spiro atoms. The fourth-order valence-corrected chi connectivity index (χ4v) is 2.46. The number of piperidine rings is 1. The second-order valence-corrected chi connectivity index (χ2v) is 5.37. The monoisotopic (exact) mass is 317 g/mol. The predicted octanol–water partition coefficient (Wildman–Crippen LogP) is 2.39. The molecule has 2 heterocycles. The van der Waals surface area contributed by atoms with E-state index in [-0.39, 0.29) is 12.2 Å². The number of likely N-dealkylation sites (tertiary alicyclic amines) is 1. The fraction of sp³-hybridized carbons (Fsp3) is 0.438. The lowest BCUT2D eigenvalue weighted by molar-refractivity contribution is -0.0130. The maximum atomic E-state index is 12.1. The predicted molar refractivity (Wildman–Crippen MR) is 80.3 cm³/mol. The molecule has 0 saturated carbocycles. The number of aromatic nitrogens is 2. The molecule has 1 fully saturated rings. The molecule has 0 atom stereocenters. The summed E-state index contributed by atoms with van der Waals surface area (Å²) in [5.74, 6) is 0.467. The SMILES string of the molecule is O=C(OCc1ccccc1)N1CCC(OCc2ncno2)CC1. The van der Waals surface area contributed by atoms with Gasteiger partial charge >= 0.3 is 6.09 Å². The quantitative estimate of drug-likeness (QED) is 0.842. The lowest BCUT2D eigenvalue weighted by atomic mass is 10.1. The van der Waals surface area contributed by atoms with Crippen molar-refractivity contribution < 1.29 is 18.8 Å². The maximum absolute atomic E-state index is 12.1. The van der Waals surface area contributed by atoms with Crippen molar-refractivity contribution in [2.24, 2.45) is 0 Å². The molecule has 1 amide bonds. The summed E-state index contributed by atoms with van der Waals surface area (Å²) in [5.41, 5.74) is 0.985. The number of hydrogen-bond donors (Lipinski definition) is 0. The molecule has 122 valence electrons. The Morgan fingerprint density at radius 1 is 1.22 bits per heavy atom. The first-order valence-corrected chi connectivity index (χ1v) is 7.64. The third kappa shape index (κ3) is 4.53. The zero-order chi connectivity index (χ0) is 15.9. The summed E-state index contributed by atoms with van der Waals surface area (Å²) in [5, 5.41) is 3.53. The van der Waals surface area contributed by atoms with Gasteiger partial charge < -0.3 is 18.9 Å². The lowest BCUT2D eigenvalue weighted by Gasteiger charge is -2.30. The third-order valence-electron chi connectivity index (χ3n) is 3.75. The third-order valence-corrected chi connectivity index (χ3v) is 3.75. The van der Waals surface area contributed by atoms with E-state index in [0.29, 0.717) is 32.2 Å². The molecule has 1 aromatic carbocycles. The lowest BCUT2D eigenvalue weighted by Crippen LogP contribution is -2.41. The standard InChI is InChI=1S/C16H19N3O4/c20-16(22-10-13-4-2-1-3-5-13)19-8-6-14(7-9-19)21-11-15-17-12-18-23-15/h1-5,12,14H,6-11H2. The molecule has 1 aliphatic heterocycles. The van der Waals surface area contributed by atoms with E-state index < -0.39 is 0 Å². The number of amides is 1. The molecule has 7 heteroatoms. The number of carbonyl (C=O) groups is 1. The van der Waals surface area contributed by atoms with Crippen LogP contribution in [0.2, 0.25) is 0 Å². The molecule has 1 saturated heterocycles. The van der Waals surface area contributed by atoms with Crippen LogP contribution in [0.5, 0.6) is 0 Å². The number of ether oxygens (including phenoxy) is 2. The Hall–Kier alpha value is -2.41. The van der Waals surface area contributed by atoms with E-state index in [4.69, 9.17) is 14.0 Å². The van der Waals surface area contributed by atoms with Crippen molar-refractivity contribution in [1.82, 2.24) is 15.0 Å². The van der Waals surface area contributed by atoms with Gasteiger partial charge in [0.2, 0.25) is 0 Å². The minimum atomic E-state index is -0.274. The van der Waals surface area contributed by atoms with Gasteiger partial charge in [0.15, 0.2) is 6.33 Å². The topological polar surface area (TPSA) is 77.7 Å². The Bertz CT molecular complexity index is 595. The van der Waals surface area contributed by atoms with Gasteiger partial charge in [-0.1, -0.05) is 35.5 Å². The molecule has 23 heavy (non-hydrogen) atoms. The summed E-state index contributed by atoms with van der Waals surface area (Å²) >= 11 is 0. The van der Waals surface area contributed by atoms with Crippen LogP contribution in [0.4, 0.5) is 4.79 Å². The zero-order valence-electron chi connectivity index (χ0n) is 12.8. The maximum Gasteiger partial charge on any atom is 0.410 e. The molecular weight excluding hydrogens is 298 g/mol. The van der Waals surface area contributed by atoms with Gasteiger partial charge in [0, 0.05) is 13.1 Å². The van der Waals surface area contributed by atoms with Crippen LogP contribution in [-0.4, -0.2) is 40.3 Å². The molecule has 3 rings (SSSR count). The molecular formula is C16H19N3O4. The highest BCUT2D eigenvalue weighted by molar-refractivity contribution is 5.67. The molecule has 7 nitrogen and oxygen atoms in total. The van der Waals surface area contributed by atoms with E-state index in [1.165, 1.54) is 6.33 Å². The van der Waals surface area contributed by atoms with Crippen molar-refractivity contribution in [1.29, 1.82) is 0 Å². The highest BCUT2D eigenvalue weighted by Crippen LogP contribution is 2.16. The van der Waals surface area contributed by atoms with Crippen LogP contribution in [-0.2, 0) is 22.7 Å². The van der Waals surface area contributed by atoms with Crippen LogP contribution in [0.25, 0.3) is 0 Å². The van der Waals surface area contributed by atoms with Gasteiger partial charge in [0.05, 0.1) is 6.10 Å². The summed E-state index contributed by atoms with van der Waals surface area (Å²) in [6.45, 7) is 1.86. The van der Waals surface area contributed by atoms with E-state index >= 15 is 0 Å². The van der Waals surface area contributed by atoms with Gasteiger partial charge in [-0.2, -0.15) is 4.98 Å². The Labute approximate surface area is 134 Å². The summed E-state index contributed by atoms with van der Waals surface area (Å²) in [7, 11) is 0. The van der Waals surface area contributed by atoms with Crippen LogP contribution in [0.3, 0.4) is 0 Å². The summed E-state index contributed by atoms with van der Waals surface area (Å²) in [4.78, 5) is 17.7. The van der Waals surface area contributed by atoms with Crippen LogP contribution in [0.1, 0.15) is 24.3 Å². The molecule has 1 aliphatic rings. The first kappa shape index (κ1) is 15.5. The molecule has 0 unspecified atom stereocenters. The molecule has 0 radical (unpaired) electrons. The van der Waals surface area contributed by atoms with E-state index in [1.807, 2.05) is 30.3 Å². The largest absolute Gasteiger partial charge is 0.445 e. The van der Waals surface area contributed by atoms with Crippen molar-refractivity contribution in [3.63, 3.8) is 0 Å². The molecule has 2 aromatic rings. The Morgan fingerprint density at radius 2 is 2.00 bits per heavy atom. The normalized spacial score (nSPS) is 15.6. The van der Waals surface area contributed by atoms with Crippen molar-refractivity contribution in [2.75, 3.05) is 13.1 Å². The van der Waals surface area contributed by atoms with Crippen LogP contribution in [0, 0.1) is 0 Å². The summed E-state index contributed by atoms with van der Waals surface area (Å²) < 4.78 is 15.9. The van der Waals surface area contributed by atoms with E-state index in [1.54, 1.807) is 4.90 Å². The van der Waals surface area contributed by atoms with Gasteiger partial charge in [-0.05, 0) is 18.4 Å². The highest BCUT2D eigenvalue weighted by atomic mass is 16.6. The molecule has 0 bridgehead atoms. The minimum absolute atomic E-state index is 0.0973. The average molecular weight is 317 g/mol. The zero-order valence-corrected chi connectivity index (χ0v) is 12.8. The number of benzene rings is 1. The Kier molecular flexibility index (Phi) is 5.21. The van der Waals surface area contributed by atoms with Gasteiger partial charge in [0.25, 0.3) is 5.89 Å². The smallest absolute Gasteiger partial charge is 0.410 e. The molecule has 0 N–H and O–H groups in total. The number of nitrogens with zero attached hydrogens (tertiary/aromatic N) is 3.